The highest BCUT2D eigenvalue weighted by atomic mass is 35.5. The first-order valence-electron chi connectivity index (χ1n) is 7.98. The fourth-order valence-corrected chi connectivity index (χ4v) is 6.18. The zero-order chi connectivity index (χ0) is 20.0. The number of hydrogen-bond acceptors (Lipinski definition) is 5. The van der Waals surface area contributed by atoms with Gasteiger partial charge in [0.05, 0.1) is 15.7 Å². The molecule has 0 radical (unpaired) electrons. The van der Waals surface area contributed by atoms with E-state index in [1.807, 2.05) is 6.92 Å². The lowest BCUT2D eigenvalue weighted by Crippen LogP contribution is -2.22. The zero-order valence-electron chi connectivity index (χ0n) is 14.7. The second kappa shape index (κ2) is 9.41. The molecular weight excluding hydrogens is 412 g/mol. The fourth-order valence-electron chi connectivity index (χ4n) is 2.18. The predicted octanol–water partition coefficient (Wildman–Crippen LogP) is 4.05. The van der Waals surface area contributed by atoms with Crippen LogP contribution in [-0.4, -0.2) is 31.3 Å². The molecule has 0 aliphatic carbocycles. The standard InChI is InChI=1S/C17H19ClN2O5S2/c1-3-25-17(12-18)26(15-6-4-5-14(11-15)20(21)22)19-27(23,24)16-9-7-13(2)8-10-16/h4-11,17H,3,12H2,1-2H3/t17-,26+/m1/s1. The monoisotopic (exact) mass is 430 g/mol. The van der Waals surface area contributed by atoms with Crippen molar-refractivity contribution in [2.45, 2.75) is 29.1 Å². The molecule has 0 aromatic heterocycles. The Kier molecular flexibility index (Phi) is 7.49. The summed E-state index contributed by atoms with van der Waals surface area (Å²) < 4.78 is 35.2. The molecule has 0 saturated carbocycles. The summed E-state index contributed by atoms with van der Waals surface area (Å²) in [4.78, 5) is 11.0. The van der Waals surface area contributed by atoms with E-state index in [9.17, 15) is 18.5 Å². The highest BCUT2D eigenvalue weighted by Gasteiger charge is 2.23. The van der Waals surface area contributed by atoms with Crippen molar-refractivity contribution >= 4 is 38.0 Å². The van der Waals surface area contributed by atoms with Gasteiger partial charge in [0.2, 0.25) is 0 Å². The number of ether oxygens (including phenoxy) is 1. The normalized spacial score (nSPS) is 14.0. The van der Waals surface area contributed by atoms with Crippen LogP contribution >= 0.6 is 11.6 Å². The summed E-state index contributed by atoms with van der Waals surface area (Å²) in [7, 11) is -5.35. The van der Waals surface area contributed by atoms with E-state index >= 15 is 0 Å². The summed E-state index contributed by atoms with van der Waals surface area (Å²) in [5.41, 5.74) is 0.0382. The minimum atomic E-state index is -4.00. The van der Waals surface area contributed by atoms with Gasteiger partial charge in [-0.15, -0.1) is 15.4 Å². The van der Waals surface area contributed by atoms with Crippen molar-refractivity contribution in [3.63, 3.8) is 0 Å². The first kappa shape index (κ1) is 21.5. The van der Waals surface area contributed by atoms with Gasteiger partial charge in [-0.3, -0.25) is 10.1 Å². The molecule has 27 heavy (non-hydrogen) atoms. The van der Waals surface area contributed by atoms with E-state index in [0.29, 0.717) is 11.5 Å². The maximum Gasteiger partial charge on any atom is 0.288 e. The zero-order valence-corrected chi connectivity index (χ0v) is 17.1. The van der Waals surface area contributed by atoms with Crippen LogP contribution in [0.5, 0.6) is 0 Å². The molecule has 0 heterocycles. The van der Waals surface area contributed by atoms with Gasteiger partial charge in [-0.2, -0.15) is 8.42 Å². The maximum atomic E-state index is 12.8. The Hall–Kier alpha value is -1.81. The summed E-state index contributed by atoms with van der Waals surface area (Å²) >= 11 is 5.98. The number of non-ortho nitro benzene ring substituents is 1. The van der Waals surface area contributed by atoms with Crippen molar-refractivity contribution in [2.24, 2.45) is 3.77 Å². The van der Waals surface area contributed by atoms with E-state index in [-0.39, 0.29) is 16.5 Å². The molecule has 10 heteroatoms. The molecule has 0 aliphatic heterocycles. The second-order valence-electron chi connectivity index (χ2n) is 5.47. The van der Waals surface area contributed by atoms with E-state index in [2.05, 4.69) is 3.77 Å². The van der Waals surface area contributed by atoms with Crippen LogP contribution in [0.15, 0.2) is 62.1 Å². The Morgan fingerprint density at radius 1 is 1.26 bits per heavy atom. The summed E-state index contributed by atoms with van der Waals surface area (Å²) in [6.07, 6.45) is 0. The van der Waals surface area contributed by atoms with Crippen molar-refractivity contribution in [2.75, 3.05) is 12.5 Å². The summed E-state index contributed by atoms with van der Waals surface area (Å²) in [5, 5.41) is 11.1. The average molecular weight is 431 g/mol. The number of aryl methyl sites for hydroxylation is 1. The Morgan fingerprint density at radius 2 is 1.93 bits per heavy atom. The molecule has 2 aromatic rings. The van der Waals surface area contributed by atoms with Crippen LogP contribution in [0, 0.1) is 17.0 Å². The Bertz CT molecular complexity index is 946. The number of alkyl halides is 1. The molecule has 2 atom stereocenters. The minimum Gasteiger partial charge on any atom is -0.365 e. The Balaban J connectivity index is 2.61. The maximum absolute atomic E-state index is 12.8. The first-order valence-corrected chi connectivity index (χ1v) is 11.2. The van der Waals surface area contributed by atoms with Gasteiger partial charge < -0.3 is 4.74 Å². The van der Waals surface area contributed by atoms with Gasteiger partial charge in [0.15, 0.2) is 0 Å². The highest BCUT2D eigenvalue weighted by molar-refractivity contribution is 8.00. The number of nitro groups is 1. The summed E-state index contributed by atoms with van der Waals surface area (Å²) in [6, 6.07) is 12.0. The van der Waals surface area contributed by atoms with E-state index < -0.39 is 31.1 Å². The third kappa shape index (κ3) is 5.58. The first-order chi connectivity index (χ1) is 12.8. The Labute approximate surface area is 165 Å². The molecule has 146 valence electrons. The van der Waals surface area contributed by atoms with Gasteiger partial charge >= 0.3 is 0 Å². The fraction of sp³-hybridized carbons (Fsp3) is 0.294. The van der Waals surface area contributed by atoms with Crippen molar-refractivity contribution in [3.05, 3.63) is 64.2 Å². The van der Waals surface area contributed by atoms with Gasteiger partial charge in [-0.1, -0.05) is 23.8 Å². The molecule has 0 spiro atoms. The summed E-state index contributed by atoms with van der Waals surface area (Å²) in [6.45, 7) is 3.90. The van der Waals surface area contributed by atoms with Crippen LogP contribution in [-0.2, 0) is 25.5 Å². The Morgan fingerprint density at radius 3 is 2.48 bits per heavy atom. The lowest BCUT2D eigenvalue weighted by Gasteiger charge is -2.18. The van der Waals surface area contributed by atoms with Gasteiger partial charge in [0.1, 0.15) is 5.44 Å². The van der Waals surface area contributed by atoms with Crippen LogP contribution in [0.4, 0.5) is 5.69 Å². The smallest absolute Gasteiger partial charge is 0.288 e. The number of benzene rings is 2. The minimum absolute atomic E-state index is 0.00738. The van der Waals surface area contributed by atoms with E-state index in [1.54, 1.807) is 25.1 Å². The van der Waals surface area contributed by atoms with Crippen LogP contribution < -0.4 is 0 Å². The average Bonchev–Trinajstić information content (AvgIpc) is 2.65. The number of halogens is 1. The van der Waals surface area contributed by atoms with Crippen molar-refractivity contribution in [3.8, 4) is 0 Å². The van der Waals surface area contributed by atoms with Gasteiger partial charge in [0.25, 0.3) is 15.7 Å². The lowest BCUT2D eigenvalue weighted by atomic mass is 10.2. The number of nitro benzene ring substituents is 1. The van der Waals surface area contributed by atoms with Gasteiger partial charge in [0, 0.05) is 23.6 Å². The van der Waals surface area contributed by atoms with E-state index in [4.69, 9.17) is 16.3 Å². The molecule has 0 bridgehead atoms. The number of hydrogen-bond donors (Lipinski definition) is 0. The summed E-state index contributed by atoms with van der Waals surface area (Å²) in [5.74, 6) is -0.00738. The molecule has 0 N–H and O–H groups in total. The molecule has 0 saturated heterocycles. The quantitative estimate of drug-likeness (QED) is 0.357. The van der Waals surface area contributed by atoms with Crippen molar-refractivity contribution in [1.82, 2.24) is 0 Å². The lowest BCUT2D eigenvalue weighted by molar-refractivity contribution is -0.385. The van der Waals surface area contributed by atoms with Crippen LogP contribution in [0.3, 0.4) is 0 Å². The third-order valence-electron chi connectivity index (χ3n) is 3.49. The molecule has 7 nitrogen and oxygen atoms in total. The van der Waals surface area contributed by atoms with E-state index in [0.717, 1.165) is 5.56 Å². The van der Waals surface area contributed by atoms with Crippen LogP contribution in [0.2, 0.25) is 0 Å². The van der Waals surface area contributed by atoms with Crippen molar-refractivity contribution in [1.29, 1.82) is 0 Å². The predicted molar refractivity (Wildman–Crippen MR) is 106 cm³/mol. The largest absolute Gasteiger partial charge is 0.365 e. The third-order valence-corrected chi connectivity index (χ3v) is 7.79. The molecule has 0 aliphatic rings. The van der Waals surface area contributed by atoms with Crippen molar-refractivity contribution < 1.29 is 18.1 Å². The molecule has 2 aromatic carbocycles. The van der Waals surface area contributed by atoms with E-state index in [1.165, 1.54) is 30.3 Å². The SMILES string of the molecule is CCO[C@@H](CCl)[S@@](=NS(=O)(=O)c1ccc(C)cc1)c1cccc([N+](=O)[O-])c1. The second-order valence-corrected chi connectivity index (χ2v) is 9.42. The van der Waals surface area contributed by atoms with Gasteiger partial charge in [-0.25, -0.2) is 0 Å². The van der Waals surface area contributed by atoms with Crippen LogP contribution in [0.25, 0.3) is 0 Å². The number of sulfonamides is 1. The topological polar surface area (TPSA) is 98.9 Å². The highest BCUT2D eigenvalue weighted by Crippen LogP contribution is 2.24. The molecular formula is C17H19ClN2O5S2. The number of nitrogens with zero attached hydrogens (tertiary/aromatic N) is 2. The molecule has 2 rings (SSSR count). The molecule has 0 fully saturated rings. The molecule has 0 amide bonds. The molecule has 0 unspecified atom stereocenters. The van der Waals surface area contributed by atoms with Crippen LogP contribution in [0.1, 0.15) is 12.5 Å². The van der Waals surface area contributed by atoms with Gasteiger partial charge in [-0.05, 0) is 42.7 Å². The number of rotatable bonds is 8.